The van der Waals surface area contributed by atoms with Crippen LogP contribution in [0.5, 0.6) is 0 Å². The lowest BCUT2D eigenvalue weighted by molar-refractivity contribution is -0.108. The summed E-state index contributed by atoms with van der Waals surface area (Å²) in [7, 11) is -3.78. The lowest BCUT2D eigenvalue weighted by Crippen LogP contribution is -2.56. The van der Waals surface area contributed by atoms with Gasteiger partial charge >= 0.3 is 0 Å². The Morgan fingerprint density at radius 3 is 2.25 bits per heavy atom. The fourth-order valence-corrected chi connectivity index (χ4v) is 4.49. The van der Waals surface area contributed by atoms with Crippen LogP contribution in [0.4, 0.5) is 0 Å². The second-order valence-corrected chi connectivity index (χ2v) is 7.74. The number of hydrogen-bond donors (Lipinski definition) is 0. The molecule has 0 unspecified atom stereocenters. The highest BCUT2D eigenvalue weighted by Crippen LogP contribution is 2.62. The molecule has 3 nitrogen and oxygen atoms in total. The first-order valence-electron chi connectivity index (χ1n) is 6.89. The Hall–Kier alpha value is -1.31. The van der Waals surface area contributed by atoms with Gasteiger partial charge < -0.3 is 0 Å². The molecular weight excluding hydrogens is 272 g/mol. The highest BCUT2D eigenvalue weighted by atomic mass is 32.2. The average Bonchev–Trinajstić information content (AvgIpc) is 2.31. The molecule has 0 atom stereocenters. The van der Waals surface area contributed by atoms with Crippen LogP contribution in [0.25, 0.3) is 0 Å². The van der Waals surface area contributed by atoms with E-state index in [1.54, 1.807) is 24.3 Å². The Kier molecular flexibility index (Phi) is 2.97. The van der Waals surface area contributed by atoms with Crippen molar-refractivity contribution in [3.8, 4) is 12.3 Å². The van der Waals surface area contributed by atoms with Gasteiger partial charge in [-0.2, -0.15) is 8.42 Å². The maximum atomic E-state index is 12.3. The van der Waals surface area contributed by atoms with Gasteiger partial charge in [-0.05, 0) is 50.2 Å². The predicted molar refractivity (Wildman–Crippen MR) is 76.5 cm³/mol. The molecule has 0 amide bonds. The maximum absolute atomic E-state index is 12.3. The summed E-state index contributed by atoms with van der Waals surface area (Å²) in [6.07, 6.45) is 10.4. The van der Waals surface area contributed by atoms with Crippen molar-refractivity contribution in [2.24, 2.45) is 5.41 Å². The van der Waals surface area contributed by atoms with Gasteiger partial charge in [-0.1, -0.05) is 30.0 Å². The van der Waals surface area contributed by atoms with Crippen LogP contribution in [0.1, 0.15) is 37.7 Å². The molecule has 1 aromatic carbocycles. The molecule has 3 rings (SSSR count). The largest absolute Gasteiger partial charge is 0.298 e. The topological polar surface area (TPSA) is 43.4 Å². The molecule has 20 heavy (non-hydrogen) atoms. The number of rotatable bonds is 3. The van der Waals surface area contributed by atoms with Gasteiger partial charge in [0.2, 0.25) is 0 Å². The number of aryl methyl sites for hydroxylation is 1. The van der Waals surface area contributed by atoms with Crippen LogP contribution in [0.15, 0.2) is 29.2 Å². The minimum atomic E-state index is -3.78. The smallest absolute Gasteiger partial charge is 0.247 e. The SMILES string of the molecule is C#CC1(OS(=O)(=O)c2ccc(C)cc2)CC2(CCC2)C1. The summed E-state index contributed by atoms with van der Waals surface area (Å²) >= 11 is 0. The molecule has 0 aliphatic heterocycles. The first-order valence-corrected chi connectivity index (χ1v) is 8.30. The minimum absolute atomic E-state index is 0.173. The van der Waals surface area contributed by atoms with E-state index in [0.717, 1.165) is 18.4 Å². The second-order valence-electron chi connectivity index (χ2n) is 6.20. The van der Waals surface area contributed by atoms with Gasteiger partial charge in [0.05, 0.1) is 4.90 Å². The van der Waals surface area contributed by atoms with Crippen molar-refractivity contribution in [3.05, 3.63) is 29.8 Å². The molecule has 0 aromatic heterocycles. The molecule has 0 saturated heterocycles. The molecule has 4 heteroatoms. The number of terminal acetylenes is 1. The van der Waals surface area contributed by atoms with Gasteiger partial charge in [-0.15, -0.1) is 6.42 Å². The normalized spacial score (nSPS) is 22.6. The van der Waals surface area contributed by atoms with Crippen molar-refractivity contribution in [2.75, 3.05) is 0 Å². The fourth-order valence-electron chi connectivity index (χ4n) is 3.34. The van der Waals surface area contributed by atoms with Crippen molar-refractivity contribution < 1.29 is 12.6 Å². The lowest BCUT2D eigenvalue weighted by Gasteiger charge is -2.57. The standard InChI is InChI=1S/C16H18O3S/c1-3-16(11-15(12-16)9-4-10-15)19-20(17,18)14-7-5-13(2)6-8-14/h1,5-8H,4,9-12H2,2H3. The summed E-state index contributed by atoms with van der Waals surface area (Å²) in [6, 6.07) is 6.64. The van der Waals surface area contributed by atoms with Crippen molar-refractivity contribution in [2.45, 2.75) is 49.5 Å². The van der Waals surface area contributed by atoms with E-state index in [0.29, 0.717) is 12.8 Å². The highest BCUT2D eigenvalue weighted by Gasteiger charge is 2.59. The number of benzene rings is 1. The molecule has 1 spiro atoms. The van der Waals surface area contributed by atoms with Crippen LogP contribution in [0.2, 0.25) is 0 Å². The van der Waals surface area contributed by atoms with Gasteiger partial charge in [0.15, 0.2) is 0 Å². The van der Waals surface area contributed by atoms with E-state index < -0.39 is 15.7 Å². The monoisotopic (exact) mass is 290 g/mol. The Morgan fingerprint density at radius 2 is 1.80 bits per heavy atom. The molecule has 0 bridgehead atoms. The van der Waals surface area contributed by atoms with Crippen LogP contribution in [-0.2, 0) is 14.3 Å². The Bertz CT molecular complexity index is 653. The summed E-state index contributed by atoms with van der Waals surface area (Å²) in [5, 5.41) is 0. The van der Waals surface area contributed by atoms with Crippen LogP contribution in [0, 0.1) is 24.7 Å². The minimum Gasteiger partial charge on any atom is -0.247 e. The number of hydrogen-bond acceptors (Lipinski definition) is 3. The molecule has 2 fully saturated rings. The van der Waals surface area contributed by atoms with Crippen LogP contribution in [0.3, 0.4) is 0 Å². The Balaban J connectivity index is 1.79. The summed E-state index contributed by atoms with van der Waals surface area (Å²) in [6.45, 7) is 1.91. The zero-order valence-electron chi connectivity index (χ0n) is 11.6. The van der Waals surface area contributed by atoms with E-state index in [2.05, 4.69) is 5.92 Å². The zero-order chi connectivity index (χ0) is 14.4. The molecule has 2 aliphatic carbocycles. The summed E-state index contributed by atoms with van der Waals surface area (Å²) in [5.41, 5.74) is 0.340. The van der Waals surface area contributed by atoms with Gasteiger partial charge in [-0.25, -0.2) is 4.18 Å². The van der Waals surface area contributed by atoms with Crippen molar-refractivity contribution in [3.63, 3.8) is 0 Å². The summed E-state index contributed by atoms with van der Waals surface area (Å²) < 4.78 is 30.0. The average molecular weight is 290 g/mol. The second kappa shape index (κ2) is 4.34. The van der Waals surface area contributed by atoms with E-state index in [1.165, 1.54) is 6.42 Å². The Morgan fingerprint density at radius 1 is 1.20 bits per heavy atom. The first-order chi connectivity index (χ1) is 9.39. The molecule has 2 saturated carbocycles. The van der Waals surface area contributed by atoms with Crippen molar-refractivity contribution in [1.82, 2.24) is 0 Å². The Labute approximate surface area is 120 Å². The molecular formula is C16H18O3S. The molecule has 2 aliphatic rings. The van der Waals surface area contributed by atoms with Crippen LogP contribution < -0.4 is 0 Å². The van der Waals surface area contributed by atoms with Gasteiger partial charge in [0, 0.05) is 0 Å². The molecule has 106 valence electrons. The van der Waals surface area contributed by atoms with Gasteiger partial charge in [0.1, 0.15) is 5.60 Å². The predicted octanol–water partition coefficient (Wildman–Crippen LogP) is 3.04. The first kappa shape index (κ1) is 13.7. The summed E-state index contributed by atoms with van der Waals surface area (Å²) in [5.74, 6) is 2.57. The summed E-state index contributed by atoms with van der Waals surface area (Å²) in [4.78, 5) is 0.173. The van der Waals surface area contributed by atoms with Crippen LogP contribution in [-0.4, -0.2) is 14.0 Å². The van der Waals surface area contributed by atoms with E-state index >= 15 is 0 Å². The molecule has 0 radical (unpaired) electrons. The third kappa shape index (κ3) is 2.15. The van der Waals surface area contributed by atoms with E-state index in [-0.39, 0.29) is 10.3 Å². The highest BCUT2D eigenvalue weighted by molar-refractivity contribution is 7.86. The molecule has 0 heterocycles. The molecule has 0 N–H and O–H groups in total. The zero-order valence-corrected chi connectivity index (χ0v) is 12.4. The van der Waals surface area contributed by atoms with Gasteiger partial charge in [-0.3, -0.25) is 0 Å². The van der Waals surface area contributed by atoms with Gasteiger partial charge in [0.25, 0.3) is 10.1 Å². The maximum Gasteiger partial charge on any atom is 0.298 e. The van der Waals surface area contributed by atoms with E-state index in [1.807, 2.05) is 6.92 Å². The van der Waals surface area contributed by atoms with Crippen LogP contribution >= 0.6 is 0 Å². The molecule has 1 aromatic rings. The van der Waals surface area contributed by atoms with Crippen molar-refractivity contribution >= 4 is 10.1 Å². The third-order valence-corrected chi connectivity index (χ3v) is 5.97. The van der Waals surface area contributed by atoms with Crippen molar-refractivity contribution in [1.29, 1.82) is 0 Å². The van der Waals surface area contributed by atoms with E-state index in [4.69, 9.17) is 10.6 Å². The third-order valence-electron chi connectivity index (χ3n) is 4.58. The lowest BCUT2D eigenvalue weighted by atomic mass is 9.50. The fraction of sp³-hybridized carbons (Fsp3) is 0.500. The quantitative estimate of drug-likeness (QED) is 0.635. The van der Waals surface area contributed by atoms with E-state index in [9.17, 15) is 8.42 Å².